The van der Waals surface area contributed by atoms with E-state index >= 15 is 0 Å². The third-order valence-corrected chi connectivity index (χ3v) is 6.60. The summed E-state index contributed by atoms with van der Waals surface area (Å²) >= 11 is 0. The van der Waals surface area contributed by atoms with E-state index in [0.717, 1.165) is 36.5 Å². The van der Waals surface area contributed by atoms with E-state index in [-0.39, 0.29) is 11.9 Å². The second kappa shape index (κ2) is 11.8. The van der Waals surface area contributed by atoms with Crippen LogP contribution in [0.3, 0.4) is 0 Å². The molecule has 0 aromatic heterocycles. The topological polar surface area (TPSA) is 33.0 Å². The van der Waals surface area contributed by atoms with Crippen molar-refractivity contribution in [3.63, 3.8) is 0 Å². The molecule has 1 fully saturated rings. The first-order chi connectivity index (χ1) is 15.1. The minimum atomic E-state index is -0.884. The fourth-order valence-electron chi connectivity index (χ4n) is 4.73. The van der Waals surface area contributed by atoms with Crippen LogP contribution in [0.15, 0.2) is 42.5 Å². The maximum atomic E-state index is 14.0. The molecule has 31 heavy (non-hydrogen) atoms. The maximum absolute atomic E-state index is 14.0. The van der Waals surface area contributed by atoms with Crippen molar-refractivity contribution in [2.75, 3.05) is 0 Å². The van der Waals surface area contributed by atoms with Crippen LogP contribution in [-0.2, 0) is 0 Å². The Kier molecular flexibility index (Phi) is 8.88. The molecule has 2 aromatic rings. The number of rotatable bonds is 10. The van der Waals surface area contributed by atoms with E-state index in [1.165, 1.54) is 51.4 Å². The van der Waals surface area contributed by atoms with Crippen LogP contribution >= 0.6 is 0 Å². The van der Waals surface area contributed by atoms with E-state index in [0.29, 0.717) is 5.92 Å². The van der Waals surface area contributed by atoms with Gasteiger partial charge in [-0.2, -0.15) is 5.26 Å². The summed E-state index contributed by atoms with van der Waals surface area (Å²) in [5, 5.41) is 8.89. The van der Waals surface area contributed by atoms with Crippen LogP contribution in [0.5, 0.6) is 5.75 Å². The van der Waals surface area contributed by atoms with Gasteiger partial charge >= 0.3 is 0 Å². The highest BCUT2D eigenvalue weighted by Gasteiger charge is 2.23. The molecule has 4 heteroatoms. The fraction of sp³-hybridized carbons (Fsp3) is 0.519. The molecule has 0 radical (unpaired) electrons. The van der Waals surface area contributed by atoms with Crippen LogP contribution in [0.4, 0.5) is 8.78 Å². The number of hydrogen-bond donors (Lipinski definition) is 0. The SMILES string of the molecule is CCCCCC1CCC(CCC(Oc2cc(F)c(C#N)c(F)c2)c2ccccc2)CC1. The van der Waals surface area contributed by atoms with Gasteiger partial charge in [-0.3, -0.25) is 0 Å². The van der Waals surface area contributed by atoms with Crippen molar-refractivity contribution < 1.29 is 13.5 Å². The summed E-state index contributed by atoms with van der Waals surface area (Å²) in [6.45, 7) is 2.25. The largest absolute Gasteiger partial charge is 0.486 e. The van der Waals surface area contributed by atoms with Gasteiger partial charge in [0.05, 0.1) is 0 Å². The Hall–Kier alpha value is -2.41. The van der Waals surface area contributed by atoms with Crippen molar-refractivity contribution in [3.05, 3.63) is 65.2 Å². The van der Waals surface area contributed by atoms with Gasteiger partial charge in [0.15, 0.2) is 0 Å². The quantitative estimate of drug-likeness (QED) is 0.360. The van der Waals surface area contributed by atoms with Gasteiger partial charge in [-0.1, -0.05) is 88.6 Å². The molecule has 1 aliphatic rings. The lowest BCUT2D eigenvalue weighted by Crippen LogP contribution is -2.17. The highest BCUT2D eigenvalue weighted by Crippen LogP contribution is 2.37. The molecule has 166 valence electrons. The van der Waals surface area contributed by atoms with Crippen LogP contribution in [0.1, 0.15) is 88.4 Å². The van der Waals surface area contributed by atoms with Gasteiger partial charge in [-0.25, -0.2) is 8.78 Å². The molecule has 3 rings (SSSR count). The average molecular weight is 426 g/mol. The predicted octanol–water partition coefficient (Wildman–Crippen LogP) is 8.12. The summed E-state index contributed by atoms with van der Waals surface area (Å²) in [6, 6.07) is 13.6. The first-order valence-corrected chi connectivity index (χ1v) is 11.7. The maximum Gasteiger partial charge on any atom is 0.147 e. The number of nitrogens with zero attached hydrogens (tertiary/aromatic N) is 1. The Balaban J connectivity index is 1.60. The number of ether oxygens (including phenoxy) is 1. The lowest BCUT2D eigenvalue weighted by Gasteiger charge is -2.30. The van der Waals surface area contributed by atoms with Crippen LogP contribution in [0.2, 0.25) is 0 Å². The zero-order valence-corrected chi connectivity index (χ0v) is 18.5. The number of unbranched alkanes of at least 4 members (excludes halogenated alkanes) is 2. The van der Waals surface area contributed by atoms with Crippen molar-refractivity contribution in [3.8, 4) is 11.8 Å². The molecule has 0 spiro atoms. The first-order valence-electron chi connectivity index (χ1n) is 11.7. The Morgan fingerprint density at radius 1 is 0.968 bits per heavy atom. The summed E-state index contributed by atoms with van der Waals surface area (Å²) in [6.07, 6.45) is 12.1. The van der Waals surface area contributed by atoms with Gasteiger partial charge < -0.3 is 4.74 Å². The smallest absolute Gasteiger partial charge is 0.147 e. The summed E-state index contributed by atoms with van der Waals surface area (Å²) in [7, 11) is 0. The highest BCUT2D eigenvalue weighted by molar-refractivity contribution is 5.38. The fourth-order valence-corrected chi connectivity index (χ4v) is 4.73. The number of halogens is 2. The summed E-state index contributed by atoms with van der Waals surface area (Å²) in [4.78, 5) is 0. The average Bonchev–Trinajstić information content (AvgIpc) is 2.78. The normalized spacial score (nSPS) is 19.5. The molecule has 1 saturated carbocycles. The van der Waals surface area contributed by atoms with Crippen molar-refractivity contribution in [2.45, 2.75) is 77.2 Å². The number of nitriles is 1. The van der Waals surface area contributed by atoms with Crippen LogP contribution in [-0.4, -0.2) is 0 Å². The zero-order valence-electron chi connectivity index (χ0n) is 18.5. The molecular formula is C27H33F2NO. The molecule has 2 aromatic carbocycles. The summed E-state index contributed by atoms with van der Waals surface area (Å²) < 4.78 is 34.1. The van der Waals surface area contributed by atoms with E-state index in [4.69, 9.17) is 10.00 Å². The van der Waals surface area contributed by atoms with Crippen LogP contribution in [0.25, 0.3) is 0 Å². The molecule has 0 aliphatic heterocycles. The molecule has 0 amide bonds. The van der Waals surface area contributed by atoms with Crippen molar-refractivity contribution in [2.24, 2.45) is 11.8 Å². The molecule has 2 nitrogen and oxygen atoms in total. The van der Waals surface area contributed by atoms with Crippen molar-refractivity contribution in [1.29, 1.82) is 5.26 Å². The molecule has 1 aliphatic carbocycles. The van der Waals surface area contributed by atoms with Crippen molar-refractivity contribution >= 4 is 0 Å². The summed E-state index contributed by atoms with van der Waals surface area (Å²) in [5.41, 5.74) is 0.431. The van der Waals surface area contributed by atoms with Gasteiger partial charge in [0.1, 0.15) is 35.1 Å². The first kappa shape index (κ1) is 23.3. The third kappa shape index (κ3) is 6.79. The second-order valence-electron chi connectivity index (χ2n) is 8.85. The molecular weight excluding hydrogens is 392 g/mol. The molecule has 1 unspecified atom stereocenters. The zero-order chi connectivity index (χ0) is 22.1. The molecule has 0 bridgehead atoms. The monoisotopic (exact) mass is 425 g/mol. The lowest BCUT2D eigenvalue weighted by molar-refractivity contribution is 0.166. The predicted molar refractivity (Wildman–Crippen MR) is 120 cm³/mol. The van der Waals surface area contributed by atoms with Gasteiger partial charge in [-0.15, -0.1) is 0 Å². The molecule has 0 saturated heterocycles. The van der Waals surface area contributed by atoms with E-state index in [9.17, 15) is 8.78 Å². The number of hydrogen-bond acceptors (Lipinski definition) is 2. The Bertz CT molecular complexity index is 830. The molecule has 1 atom stereocenters. The van der Waals surface area contributed by atoms with E-state index in [1.54, 1.807) is 6.07 Å². The lowest BCUT2D eigenvalue weighted by atomic mass is 9.77. The Morgan fingerprint density at radius 3 is 2.16 bits per heavy atom. The molecule has 0 heterocycles. The molecule has 0 N–H and O–H groups in total. The minimum absolute atomic E-state index is 0.127. The van der Waals surface area contributed by atoms with E-state index in [1.807, 2.05) is 30.3 Å². The van der Waals surface area contributed by atoms with Crippen LogP contribution in [0, 0.1) is 34.8 Å². The van der Waals surface area contributed by atoms with Gasteiger partial charge in [0, 0.05) is 12.1 Å². The standard InChI is InChI=1S/C27H33F2NO/c1-2-3-5-8-20-11-13-21(14-12-20)15-16-27(22-9-6-4-7-10-22)31-23-17-25(28)24(19-30)26(29)18-23/h4,6-7,9-10,17-18,20-21,27H,2-3,5,8,11-16H2,1H3. The Labute approximate surface area is 185 Å². The minimum Gasteiger partial charge on any atom is -0.486 e. The van der Waals surface area contributed by atoms with Gasteiger partial charge in [0.25, 0.3) is 0 Å². The van der Waals surface area contributed by atoms with E-state index < -0.39 is 17.2 Å². The van der Waals surface area contributed by atoms with E-state index in [2.05, 4.69) is 6.92 Å². The second-order valence-corrected chi connectivity index (χ2v) is 8.85. The van der Waals surface area contributed by atoms with Crippen molar-refractivity contribution in [1.82, 2.24) is 0 Å². The highest BCUT2D eigenvalue weighted by atomic mass is 19.1. The third-order valence-electron chi connectivity index (χ3n) is 6.60. The van der Waals surface area contributed by atoms with Gasteiger partial charge in [0.2, 0.25) is 0 Å². The van der Waals surface area contributed by atoms with Crippen LogP contribution < -0.4 is 4.74 Å². The number of benzene rings is 2. The summed E-state index contributed by atoms with van der Waals surface area (Å²) in [5.74, 6) is -0.0702. The van der Waals surface area contributed by atoms with Gasteiger partial charge in [-0.05, 0) is 30.2 Å². The Morgan fingerprint density at radius 2 is 1.58 bits per heavy atom.